The lowest BCUT2D eigenvalue weighted by atomic mass is 10.2. The molecule has 2 N–H and O–H groups in total. The highest BCUT2D eigenvalue weighted by atomic mass is 79.9. The van der Waals surface area contributed by atoms with Gasteiger partial charge in [-0.1, -0.05) is 28.6 Å². The van der Waals surface area contributed by atoms with E-state index in [4.69, 9.17) is 5.11 Å². The summed E-state index contributed by atoms with van der Waals surface area (Å²) in [6.07, 6.45) is 4.92. The van der Waals surface area contributed by atoms with Gasteiger partial charge in [0.05, 0.1) is 11.3 Å². The number of rotatable bonds is 4. The number of hydrogen-bond acceptors (Lipinski definition) is 2. The second-order valence-electron chi connectivity index (χ2n) is 2.73. The minimum Gasteiger partial charge on any atom is -0.478 e. The third-order valence-electron chi connectivity index (χ3n) is 1.68. The van der Waals surface area contributed by atoms with Crippen LogP contribution in [-0.4, -0.2) is 11.1 Å². The molecule has 0 aromatic heterocycles. The van der Waals surface area contributed by atoms with Gasteiger partial charge in [-0.3, -0.25) is 0 Å². The fourth-order valence-corrected chi connectivity index (χ4v) is 1.39. The molecule has 0 atom stereocenters. The number of anilines is 1. The number of allylic oxidation sites excluding steroid dienone is 2. The Kier molecular flexibility index (Phi) is 4.12. The minimum absolute atomic E-state index is 0.220. The van der Waals surface area contributed by atoms with E-state index >= 15 is 0 Å². The Balaban J connectivity index is 3.00. The molecule has 0 saturated heterocycles. The molecule has 4 heteroatoms. The first kappa shape index (κ1) is 11.5. The minimum atomic E-state index is -0.967. The van der Waals surface area contributed by atoms with Crippen molar-refractivity contribution in [3.05, 3.63) is 53.2 Å². The summed E-state index contributed by atoms with van der Waals surface area (Å²) >= 11 is 3.22. The molecule has 0 aliphatic rings. The normalized spacial score (nSPS) is 10.2. The molecule has 1 aromatic carbocycles. The summed E-state index contributed by atoms with van der Waals surface area (Å²) in [7, 11) is 0. The molecule has 0 spiro atoms. The van der Waals surface area contributed by atoms with E-state index in [2.05, 4.69) is 27.8 Å². The third-order valence-corrected chi connectivity index (χ3v) is 2.18. The predicted octanol–water partition coefficient (Wildman–Crippen LogP) is 3.26. The number of aromatic carboxylic acids is 1. The molecule has 0 aliphatic heterocycles. The number of carboxylic acids is 1. The molecular formula is C11H10BrNO2. The van der Waals surface area contributed by atoms with Crippen LogP contribution in [0.25, 0.3) is 0 Å². The van der Waals surface area contributed by atoms with Crippen molar-refractivity contribution in [3.63, 3.8) is 0 Å². The highest BCUT2D eigenvalue weighted by Gasteiger charge is 2.08. The average Bonchev–Trinajstić information content (AvgIpc) is 2.20. The molecule has 0 unspecified atom stereocenters. The van der Waals surface area contributed by atoms with E-state index < -0.39 is 5.97 Å². The van der Waals surface area contributed by atoms with E-state index in [1.807, 2.05) is 0 Å². The maximum Gasteiger partial charge on any atom is 0.337 e. The zero-order valence-corrected chi connectivity index (χ0v) is 9.49. The van der Waals surface area contributed by atoms with E-state index in [9.17, 15) is 4.79 Å². The SMILES string of the molecule is C=C/C=C/Nc1ccc(Br)cc1C(=O)O. The molecule has 3 nitrogen and oxygen atoms in total. The molecule has 0 heterocycles. The molecule has 0 radical (unpaired) electrons. The second kappa shape index (κ2) is 5.36. The van der Waals surface area contributed by atoms with Crippen molar-refractivity contribution in [3.8, 4) is 0 Å². The van der Waals surface area contributed by atoms with Gasteiger partial charge in [0, 0.05) is 10.7 Å². The van der Waals surface area contributed by atoms with E-state index in [1.165, 1.54) is 0 Å². The van der Waals surface area contributed by atoms with Crippen molar-refractivity contribution < 1.29 is 9.90 Å². The Morgan fingerprint density at radius 1 is 1.53 bits per heavy atom. The van der Waals surface area contributed by atoms with Crippen LogP contribution in [0.5, 0.6) is 0 Å². The van der Waals surface area contributed by atoms with Crippen LogP contribution in [0.1, 0.15) is 10.4 Å². The molecule has 0 saturated carbocycles. The van der Waals surface area contributed by atoms with E-state index in [0.717, 1.165) is 4.47 Å². The first-order chi connectivity index (χ1) is 7.15. The van der Waals surface area contributed by atoms with Crippen molar-refractivity contribution in [2.75, 3.05) is 5.32 Å². The number of hydrogen-bond donors (Lipinski definition) is 2. The Hall–Kier alpha value is -1.55. The summed E-state index contributed by atoms with van der Waals surface area (Å²) in [5, 5.41) is 11.8. The van der Waals surface area contributed by atoms with Gasteiger partial charge in [0.15, 0.2) is 0 Å². The van der Waals surface area contributed by atoms with Crippen molar-refractivity contribution in [1.29, 1.82) is 0 Å². The van der Waals surface area contributed by atoms with Crippen LogP contribution in [0.15, 0.2) is 47.6 Å². The first-order valence-electron chi connectivity index (χ1n) is 4.22. The standard InChI is InChI=1S/C11H10BrNO2/c1-2-3-6-13-10-5-4-8(12)7-9(10)11(14)15/h2-7,13H,1H2,(H,14,15)/b6-3+. The molecule has 1 aromatic rings. The van der Waals surface area contributed by atoms with Crippen LogP contribution in [-0.2, 0) is 0 Å². The van der Waals surface area contributed by atoms with Crippen LogP contribution in [0.2, 0.25) is 0 Å². The number of carboxylic acid groups (broad SMARTS) is 1. The summed E-state index contributed by atoms with van der Waals surface area (Å²) in [6, 6.07) is 5.02. The van der Waals surface area contributed by atoms with Gasteiger partial charge in [-0.15, -0.1) is 0 Å². The van der Waals surface area contributed by atoms with Gasteiger partial charge in [0.1, 0.15) is 0 Å². The second-order valence-corrected chi connectivity index (χ2v) is 3.65. The van der Waals surface area contributed by atoms with Gasteiger partial charge in [0.2, 0.25) is 0 Å². The zero-order valence-electron chi connectivity index (χ0n) is 7.90. The quantitative estimate of drug-likeness (QED) is 0.824. The van der Waals surface area contributed by atoms with Gasteiger partial charge < -0.3 is 10.4 Å². The summed E-state index contributed by atoms with van der Waals surface area (Å²) in [5.74, 6) is -0.967. The van der Waals surface area contributed by atoms with Crippen LogP contribution in [0.4, 0.5) is 5.69 Å². The van der Waals surface area contributed by atoms with E-state index in [1.54, 1.807) is 36.6 Å². The lowest BCUT2D eigenvalue weighted by Gasteiger charge is -2.05. The molecule has 0 fully saturated rings. The Bertz CT molecular complexity index is 413. The molecule has 0 amide bonds. The fraction of sp³-hybridized carbons (Fsp3) is 0. The monoisotopic (exact) mass is 267 g/mol. The Morgan fingerprint density at radius 2 is 2.27 bits per heavy atom. The van der Waals surface area contributed by atoms with Crippen LogP contribution in [0.3, 0.4) is 0 Å². The van der Waals surface area contributed by atoms with Crippen LogP contribution < -0.4 is 5.32 Å². The third kappa shape index (κ3) is 3.25. The topological polar surface area (TPSA) is 49.3 Å². The Labute approximate surface area is 96.3 Å². The van der Waals surface area contributed by atoms with Gasteiger partial charge in [0.25, 0.3) is 0 Å². The van der Waals surface area contributed by atoms with Gasteiger partial charge in [-0.05, 0) is 24.3 Å². The fourth-order valence-electron chi connectivity index (χ4n) is 1.03. The van der Waals surface area contributed by atoms with Gasteiger partial charge in [-0.2, -0.15) is 0 Å². The summed E-state index contributed by atoms with van der Waals surface area (Å²) in [4.78, 5) is 10.9. The Morgan fingerprint density at radius 3 is 2.87 bits per heavy atom. The number of carbonyl (C=O) groups is 1. The van der Waals surface area contributed by atoms with Crippen molar-refractivity contribution >= 4 is 27.6 Å². The smallest absolute Gasteiger partial charge is 0.337 e. The van der Waals surface area contributed by atoms with Gasteiger partial charge in [-0.25, -0.2) is 4.79 Å². The van der Waals surface area contributed by atoms with Crippen molar-refractivity contribution in [2.45, 2.75) is 0 Å². The first-order valence-corrected chi connectivity index (χ1v) is 5.01. The molecule has 1 rings (SSSR count). The van der Waals surface area contributed by atoms with Crippen LogP contribution >= 0.6 is 15.9 Å². The number of halogens is 1. The maximum absolute atomic E-state index is 10.9. The lowest BCUT2D eigenvalue weighted by molar-refractivity contribution is 0.0698. The highest BCUT2D eigenvalue weighted by molar-refractivity contribution is 9.10. The molecule has 0 bridgehead atoms. The molecule has 15 heavy (non-hydrogen) atoms. The zero-order chi connectivity index (χ0) is 11.3. The average molecular weight is 268 g/mol. The number of benzene rings is 1. The highest BCUT2D eigenvalue weighted by Crippen LogP contribution is 2.21. The van der Waals surface area contributed by atoms with Crippen LogP contribution in [0, 0.1) is 0 Å². The van der Waals surface area contributed by atoms with Crippen molar-refractivity contribution in [1.82, 2.24) is 0 Å². The predicted molar refractivity (Wildman–Crippen MR) is 64.1 cm³/mol. The summed E-state index contributed by atoms with van der Waals surface area (Å²) < 4.78 is 0.734. The lowest BCUT2D eigenvalue weighted by Crippen LogP contribution is -2.01. The summed E-state index contributed by atoms with van der Waals surface area (Å²) in [5.41, 5.74) is 0.766. The molecular weight excluding hydrogens is 258 g/mol. The number of nitrogens with one attached hydrogen (secondary N) is 1. The van der Waals surface area contributed by atoms with Crippen molar-refractivity contribution in [2.24, 2.45) is 0 Å². The molecule has 78 valence electrons. The van der Waals surface area contributed by atoms with E-state index in [-0.39, 0.29) is 5.56 Å². The van der Waals surface area contributed by atoms with Gasteiger partial charge >= 0.3 is 5.97 Å². The largest absolute Gasteiger partial charge is 0.478 e. The maximum atomic E-state index is 10.9. The summed E-state index contributed by atoms with van der Waals surface area (Å²) in [6.45, 7) is 3.51. The van der Waals surface area contributed by atoms with E-state index in [0.29, 0.717) is 5.69 Å². The molecule has 0 aliphatic carbocycles.